The van der Waals surface area contributed by atoms with E-state index >= 15 is 0 Å². The number of hydrogen-bond donors (Lipinski definition) is 0. The number of carbonyl (C=O) groups excluding carboxylic acids is 2. The van der Waals surface area contributed by atoms with Gasteiger partial charge in [-0.15, -0.1) is 0 Å². The van der Waals surface area contributed by atoms with Crippen LogP contribution in [0, 0.1) is 11.8 Å². The maximum Gasteiger partial charge on any atom is 0.349 e. The molecule has 0 radical (unpaired) electrons. The van der Waals surface area contributed by atoms with Gasteiger partial charge in [-0.1, -0.05) is 18.2 Å². The maximum atomic E-state index is 13.4. The van der Waals surface area contributed by atoms with E-state index in [1.807, 2.05) is 12.1 Å². The third-order valence-corrected chi connectivity index (χ3v) is 5.92. The number of para-hydroxylation sites is 1. The van der Waals surface area contributed by atoms with Crippen molar-refractivity contribution in [1.82, 2.24) is 9.80 Å². The zero-order chi connectivity index (χ0) is 21.8. The van der Waals surface area contributed by atoms with Crippen LogP contribution in [-0.4, -0.2) is 74.2 Å². The molecular weight excluding hydrogens is 400 g/mol. The number of amides is 1. The van der Waals surface area contributed by atoms with Gasteiger partial charge in [0.25, 0.3) is 5.91 Å². The number of benzene rings is 1. The van der Waals surface area contributed by atoms with Gasteiger partial charge >= 0.3 is 11.6 Å². The predicted octanol–water partition coefficient (Wildman–Crippen LogP) is 1.77. The predicted molar refractivity (Wildman–Crippen MR) is 114 cm³/mol. The molecule has 2 heterocycles. The number of hydrogen-bond acceptors (Lipinski definition) is 7. The summed E-state index contributed by atoms with van der Waals surface area (Å²) in [6.45, 7) is 6.68. The number of nitrogens with zero attached hydrogens (tertiary/aromatic N) is 2. The van der Waals surface area contributed by atoms with Crippen molar-refractivity contribution in [3.63, 3.8) is 0 Å². The van der Waals surface area contributed by atoms with Gasteiger partial charge in [0, 0.05) is 38.1 Å². The molecule has 1 aromatic heterocycles. The summed E-state index contributed by atoms with van der Waals surface area (Å²) >= 11 is 0. The molecule has 0 spiro atoms. The average Bonchev–Trinajstić information content (AvgIpc) is 3.56. The van der Waals surface area contributed by atoms with Crippen LogP contribution in [0.4, 0.5) is 0 Å². The Morgan fingerprint density at radius 1 is 1.23 bits per heavy atom. The molecule has 1 aliphatic heterocycles. The van der Waals surface area contributed by atoms with Gasteiger partial charge in [0.15, 0.2) is 0 Å². The van der Waals surface area contributed by atoms with Crippen molar-refractivity contribution in [2.45, 2.75) is 13.3 Å². The summed E-state index contributed by atoms with van der Waals surface area (Å²) in [7, 11) is 0. The highest BCUT2D eigenvalue weighted by Crippen LogP contribution is 2.40. The average molecular weight is 428 g/mol. The Bertz CT molecular complexity index is 997. The van der Waals surface area contributed by atoms with Gasteiger partial charge in [-0.05, 0) is 31.4 Å². The number of fused-ring (bicyclic) bond motifs is 1. The largest absolute Gasteiger partial charge is 0.466 e. The van der Waals surface area contributed by atoms with E-state index in [0.717, 1.165) is 13.1 Å². The first-order chi connectivity index (χ1) is 15.1. The normalized spacial score (nSPS) is 21.1. The van der Waals surface area contributed by atoms with Crippen LogP contribution in [-0.2, 0) is 14.3 Å². The number of esters is 1. The van der Waals surface area contributed by atoms with Crippen LogP contribution in [0.5, 0.6) is 0 Å². The first-order valence-electron chi connectivity index (χ1n) is 10.9. The summed E-state index contributed by atoms with van der Waals surface area (Å²) < 4.78 is 15.9. The molecule has 1 amide bonds. The van der Waals surface area contributed by atoms with Crippen molar-refractivity contribution in [2.24, 2.45) is 11.8 Å². The highest BCUT2D eigenvalue weighted by Gasteiger charge is 2.45. The molecule has 8 heteroatoms. The van der Waals surface area contributed by atoms with Gasteiger partial charge in [0.05, 0.1) is 25.7 Å². The molecule has 1 aliphatic carbocycles. The topological polar surface area (TPSA) is 89.3 Å². The van der Waals surface area contributed by atoms with Crippen molar-refractivity contribution >= 4 is 22.8 Å². The zero-order valence-corrected chi connectivity index (χ0v) is 17.7. The molecule has 2 aromatic rings. The SMILES string of the molecule is CCOC(=O)C1CC1CN(CCN1CCOCC1)C(=O)c1cc2ccccc2oc1=O. The monoisotopic (exact) mass is 428 g/mol. The van der Waals surface area contributed by atoms with Crippen LogP contribution in [0.25, 0.3) is 11.0 Å². The minimum absolute atomic E-state index is 0.0222. The summed E-state index contributed by atoms with van der Waals surface area (Å²) in [5.41, 5.74) is -0.166. The quantitative estimate of drug-likeness (QED) is 0.468. The van der Waals surface area contributed by atoms with Crippen molar-refractivity contribution in [3.8, 4) is 0 Å². The van der Waals surface area contributed by atoms with E-state index in [0.29, 0.717) is 56.8 Å². The second kappa shape index (κ2) is 9.62. The number of ether oxygens (including phenoxy) is 2. The lowest BCUT2D eigenvalue weighted by Crippen LogP contribution is -2.44. The fourth-order valence-corrected chi connectivity index (χ4v) is 4.01. The highest BCUT2D eigenvalue weighted by molar-refractivity contribution is 5.96. The van der Waals surface area contributed by atoms with Crippen LogP contribution in [0.2, 0.25) is 0 Å². The van der Waals surface area contributed by atoms with Crippen LogP contribution in [0.3, 0.4) is 0 Å². The van der Waals surface area contributed by atoms with E-state index < -0.39 is 5.63 Å². The molecule has 4 rings (SSSR count). The number of carbonyl (C=O) groups is 2. The molecule has 2 fully saturated rings. The third-order valence-electron chi connectivity index (χ3n) is 5.92. The van der Waals surface area contributed by atoms with Crippen molar-refractivity contribution < 1.29 is 23.5 Å². The fourth-order valence-electron chi connectivity index (χ4n) is 4.01. The van der Waals surface area contributed by atoms with Crippen molar-refractivity contribution in [1.29, 1.82) is 0 Å². The van der Waals surface area contributed by atoms with Crippen molar-refractivity contribution in [3.05, 3.63) is 46.3 Å². The molecule has 1 aromatic carbocycles. The number of rotatable bonds is 8. The van der Waals surface area contributed by atoms with Crippen molar-refractivity contribution in [2.75, 3.05) is 52.5 Å². The van der Waals surface area contributed by atoms with Gasteiger partial charge in [0.2, 0.25) is 0 Å². The highest BCUT2D eigenvalue weighted by atomic mass is 16.5. The van der Waals surface area contributed by atoms with E-state index in [1.54, 1.807) is 30.0 Å². The van der Waals surface area contributed by atoms with Crippen LogP contribution in [0.1, 0.15) is 23.7 Å². The Hall–Kier alpha value is -2.71. The van der Waals surface area contributed by atoms with Gasteiger partial charge in [-0.2, -0.15) is 0 Å². The van der Waals surface area contributed by atoms with E-state index in [2.05, 4.69) is 4.90 Å². The second-order valence-corrected chi connectivity index (χ2v) is 8.04. The van der Waals surface area contributed by atoms with Gasteiger partial charge in [-0.3, -0.25) is 14.5 Å². The summed E-state index contributed by atoms with van der Waals surface area (Å²) in [6.07, 6.45) is 0.701. The van der Waals surface area contributed by atoms with Crippen LogP contribution >= 0.6 is 0 Å². The minimum Gasteiger partial charge on any atom is -0.466 e. The summed E-state index contributed by atoms with van der Waals surface area (Å²) in [5, 5.41) is 0.703. The second-order valence-electron chi connectivity index (χ2n) is 8.04. The van der Waals surface area contributed by atoms with Crippen LogP contribution in [0.15, 0.2) is 39.5 Å². The lowest BCUT2D eigenvalue weighted by Gasteiger charge is -2.30. The molecule has 1 saturated carbocycles. The summed E-state index contributed by atoms with van der Waals surface area (Å²) in [6, 6.07) is 8.73. The van der Waals surface area contributed by atoms with Gasteiger partial charge < -0.3 is 18.8 Å². The molecule has 8 nitrogen and oxygen atoms in total. The van der Waals surface area contributed by atoms with E-state index in [-0.39, 0.29) is 29.3 Å². The van der Waals surface area contributed by atoms with E-state index in [9.17, 15) is 14.4 Å². The molecule has 2 atom stereocenters. The number of morpholine rings is 1. The van der Waals surface area contributed by atoms with E-state index in [4.69, 9.17) is 13.9 Å². The Morgan fingerprint density at radius 2 is 2.00 bits per heavy atom. The minimum atomic E-state index is -0.641. The van der Waals surface area contributed by atoms with Gasteiger partial charge in [-0.25, -0.2) is 4.79 Å². The van der Waals surface area contributed by atoms with Gasteiger partial charge in [0.1, 0.15) is 11.1 Å². The molecule has 2 aliphatic rings. The third kappa shape index (κ3) is 5.14. The molecule has 0 N–H and O–H groups in total. The molecular formula is C23H28N2O6. The molecule has 1 saturated heterocycles. The molecule has 0 bridgehead atoms. The molecule has 31 heavy (non-hydrogen) atoms. The molecule has 166 valence electrons. The van der Waals surface area contributed by atoms with E-state index in [1.165, 1.54) is 0 Å². The summed E-state index contributed by atoms with van der Waals surface area (Å²) in [5.74, 6) is -0.688. The Balaban J connectivity index is 1.51. The smallest absolute Gasteiger partial charge is 0.349 e. The molecule has 2 unspecified atom stereocenters. The fraction of sp³-hybridized carbons (Fsp3) is 0.522. The zero-order valence-electron chi connectivity index (χ0n) is 17.7. The lowest BCUT2D eigenvalue weighted by atomic mass is 10.1. The standard InChI is InChI=1S/C23H28N2O6/c1-2-30-22(27)18-14-17(18)15-25(8-7-24-9-11-29-12-10-24)21(26)19-13-16-5-3-4-6-20(16)31-23(19)28/h3-6,13,17-18H,2,7-12,14-15H2,1H3. The maximum absolute atomic E-state index is 13.4. The Morgan fingerprint density at radius 3 is 2.77 bits per heavy atom. The lowest BCUT2D eigenvalue weighted by molar-refractivity contribution is -0.145. The summed E-state index contributed by atoms with van der Waals surface area (Å²) in [4.78, 5) is 41.8. The van der Waals surface area contributed by atoms with Crippen LogP contribution < -0.4 is 5.63 Å². The first kappa shape index (κ1) is 21.5. The Kier molecular flexibility index (Phi) is 6.67. The first-order valence-corrected chi connectivity index (χ1v) is 10.9. The Labute approximate surface area is 180 Å².